The van der Waals surface area contributed by atoms with Gasteiger partial charge in [0.15, 0.2) is 5.82 Å². The first-order chi connectivity index (χ1) is 7.04. The molecule has 0 aliphatic rings. The van der Waals surface area contributed by atoms with Gasteiger partial charge >= 0.3 is 0 Å². The van der Waals surface area contributed by atoms with E-state index < -0.39 is 0 Å². The highest BCUT2D eigenvalue weighted by molar-refractivity contribution is 5.75. The van der Waals surface area contributed by atoms with E-state index in [9.17, 15) is 4.39 Å². The minimum absolute atomic E-state index is 0.286. The van der Waals surface area contributed by atoms with E-state index in [0.717, 1.165) is 11.3 Å². The lowest BCUT2D eigenvalue weighted by atomic mass is 10.1. The van der Waals surface area contributed by atoms with Crippen LogP contribution < -0.4 is 5.32 Å². The quantitative estimate of drug-likeness (QED) is 0.792. The maximum Gasteiger partial charge on any atom is 0.151 e. The number of aromatic nitrogens is 2. The van der Waals surface area contributed by atoms with Gasteiger partial charge in [0, 0.05) is 0 Å². The van der Waals surface area contributed by atoms with Gasteiger partial charge in [-0.3, -0.25) is 0 Å². The average molecular weight is 207 g/mol. The molecule has 0 bridgehead atoms. The molecule has 3 nitrogen and oxygen atoms in total. The van der Waals surface area contributed by atoms with Crippen LogP contribution in [-0.2, 0) is 5.54 Å². The summed E-state index contributed by atoms with van der Waals surface area (Å²) in [7, 11) is 1.85. The minimum Gasteiger partial charge on any atom is -0.340 e. The summed E-state index contributed by atoms with van der Waals surface area (Å²) in [4.78, 5) is 7.38. The summed E-state index contributed by atoms with van der Waals surface area (Å²) in [5, 5.41) is 3.12. The Morgan fingerprint density at radius 2 is 2.13 bits per heavy atom. The molecule has 80 valence electrons. The van der Waals surface area contributed by atoms with Crippen LogP contribution in [0.1, 0.15) is 19.7 Å². The molecule has 0 saturated carbocycles. The molecule has 0 amide bonds. The van der Waals surface area contributed by atoms with E-state index in [-0.39, 0.29) is 11.4 Å². The fourth-order valence-electron chi connectivity index (χ4n) is 1.41. The van der Waals surface area contributed by atoms with Crippen molar-refractivity contribution in [3.8, 4) is 0 Å². The first-order valence-electron chi connectivity index (χ1n) is 4.88. The van der Waals surface area contributed by atoms with Gasteiger partial charge in [-0.15, -0.1) is 0 Å². The third-order valence-electron chi connectivity index (χ3n) is 2.68. The van der Waals surface area contributed by atoms with Crippen molar-refractivity contribution < 1.29 is 4.39 Å². The molecule has 2 rings (SSSR count). The molecule has 0 spiro atoms. The zero-order chi connectivity index (χ0) is 11.1. The predicted octanol–water partition coefficient (Wildman–Crippen LogP) is 2.16. The van der Waals surface area contributed by atoms with Crippen molar-refractivity contribution in [3.05, 3.63) is 29.8 Å². The standard InChI is InChI=1S/C11H14FN3/c1-11(2,13-3)10-14-8-6-4-5-7(12)9(8)15-10/h4-6,13H,1-3H3,(H,14,15). The summed E-state index contributed by atoms with van der Waals surface area (Å²) in [6.07, 6.45) is 0. The number of halogens is 1. The van der Waals surface area contributed by atoms with Crippen molar-refractivity contribution in [1.82, 2.24) is 15.3 Å². The van der Waals surface area contributed by atoms with Crippen molar-refractivity contribution in [2.45, 2.75) is 19.4 Å². The van der Waals surface area contributed by atoms with E-state index in [0.29, 0.717) is 5.52 Å². The topological polar surface area (TPSA) is 40.7 Å². The van der Waals surface area contributed by atoms with Crippen LogP contribution in [0.2, 0.25) is 0 Å². The van der Waals surface area contributed by atoms with Crippen LogP contribution in [0.25, 0.3) is 11.0 Å². The zero-order valence-electron chi connectivity index (χ0n) is 9.06. The summed E-state index contributed by atoms with van der Waals surface area (Å²) in [5.41, 5.74) is 0.843. The van der Waals surface area contributed by atoms with Crippen molar-refractivity contribution in [2.24, 2.45) is 0 Å². The van der Waals surface area contributed by atoms with E-state index >= 15 is 0 Å². The highest BCUT2D eigenvalue weighted by atomic mass is 19.1. The van der Waals surface area contributed by atoms with Gasteiger partial charge in [-0.1, -0.05) is 6.07 Å². The second kappa shape index (κ2) is 3.31. The molecule has 1 heterocycles. The van der Waals surface area contributed by atoms with Gasteiger partial charge in [-0.25, -0.2) is 9.37 Å². The van der Waals surface area contributed by atoms with Gasteiger partial charge in [0.05, 0.1) is 11.1 Å². The molecular weight excluding hydrogens is 193 g/mol. The highest BCUT2D eigenvalue weighted by Gasteiger charge is 2.22. The van der Waals surface area contributed by atoms with Crippen molar-refractivity contribution >= 4 is 11.0 Å². The summed E-state index contributed by atoms with van der Waals surface area (Å²) < 4.78 is 13.4. The Hall–Kier alpha value is -1.42. The Labute approximate surface area is 87.7 Å². The molecule has 0 radical (unpaired) electrons. The van der Waals surface area contributed by atoms with Crippen molar-refractivity contribution in [2.75, 3.05) is 7.05 Å². The van der Waals surface area contributed by atoms with Gasteiger partial charge < -0.3 is 10.3 Å². The molecule has 4 heteroatoms. The fourth-order valence-corrected chi connectivity index (χ4v) is 1.41. The van der Waals surface area contributed by atoms with Crippen LogP contribution >= 0.6 is 0 Å². The van der Waals surface area contributed by atoms with Gasteiger partial charge in [-0.2, -0.15) is 0 Å². The van der Waals surface area contributed by atoms with Crippen molar-refractivity contribution in [3.63, 3.8) is 0 Å². The van der Waals surface area contributed by atoms with E-state index in [1.54, 1.807) is 6.07 Å². The first-order valence-corrected chi connectivity index (χ1v) is 4.88. The summed E-state index contributed by atoms with van der Waals surface area (Å²) >= 11 is 0. The number of hydrogen-bond acceptors (Lipinski definition) is 2. The van der Waals surface area contributed by atoms with E-state index in [2.05, 4.69) is 15.3 Å². The number of imidazole rings is 1. The SMILES string of the molecule is CNC(C)(C)c1nc2c(F)cccc2[nH]1. The van der Waals surface area contributed by atoms with Gasteiger partial charge in [0.1, 0.15) is 11.3 Å². The van der Waals surface area contributed by atoms with Crippen LogP contribution in [0, 0.1) is 5.82 Å². The molecule has 0 aliphatic heterocycles. The number of benzene rings is 1. The zero-order valence-corrected chi connectivity index (χ0v) is 9.06. The third kappa shape index (κ3) is 1.61. The lowest BCUT2D eigenvalue weighted by Crippen LogP contribution is -2.34. The van der Waals surface area contributed by atoms with E-state index in [1.165, 1.54) is 6.07 Å². The van der Waals surface area contributed by atoms with Crippen LogP contribution in [0.3, 0.4) is 0 Å². The van der Waals surface area contributed by atoms with Crippen LogP contribution in [-0.4, -0.2) is 17.0 Å². The normalized spacial score (nSPS) is 12.3. The number of H-pyrrole nitrogens is 1. The molecule has 0 atom stereocenters. The monoisotopic (exact) mass is 207 g/mol. The van der Waals surface area contributed by atoms with E-state index in [1.807, 2.05) is 27.0 Å². The number of rotatable bonds is 2. The summed E-state index contributed by atoms with van der Waals surface area (Å²) in [6.45, 7) is 3.98. The van der Waals surface area contributed by atoms with Crippen LogP contribution in [0.15, 0.2) is 18.2 Å². The molecule has 0 aliphatic carbocycles. The maximum atomic E-state index is 13.4. The highest BCUT2D eigenvalue weighted by Crippen LogP contribution is 2.21. The second-order valence-electron chi connectivity index (χ2n) is 4.10. The number of para-hydroxylation sites is 1. The average Bonchev–Trinajstić information content (AvgIpc) is 2.64. The largest absolute Gasteiger partial charge is 0.340 e. The Morgan fingerprint density at radius 3 is 2.73 bits per heavy atom. The van der Waals surface area contributed by atoms with Gasteiger partial charge in [0.25, 0.3) is 0 Å². The molecule has 0 saturated heterocycles. The second-order valence-corrected chi connectivity index (χ2v) is 4.10. The Bertz CT molecular complexity index is 488. The molecule has 0 unspecified atom stereocenters. The molecule has 1 aromatic carbocycles. The maximum absolute atomic E-state index is 13.4. The van der Waals surface area contributed by atoms with E-state index in [4.69, 9.17) is 0 Å². The predicted molar refractivity (Wildman–Crippen MR) is 58.1 cm³/mol. The molecular formula is C11H14FN3. The number of hydrogen-bond donors (Lipinski definition) is 2. The Kier molecular flexibility index (Phi) is 2.23. The molecule has 1 aromatic heterocycles. The minimum atomic E-state index is -0.290. The van der Waals surface area contributed by atoms with Crippen LogP contribution in [0.4, 0.5) is 4.39 Å². The Balaban J connectivity index is 2.62. The lowest BCUT2D eigenvalue weighted by molar-refractivity contribution is 0.421. The number of aromatic amines is 1. The first kappa shape index (κ1) is 10.1. The molecule has 2 aromatic rings. The molecule has 2 N–H and O–H groups in total. The fraction of sp³-hybridized carbons (Fsp3) is 0.364. The van der Waals surface area contributed by atoms with Crippen LogP contribution in [0.5, 0.6) is 0 Å². The smallest absolute Gasteiger partial charge is 0.151 e. The number of nitrogens with zero attached hydrogens (tertiary/aromatic N) is 1. The summed E-state index contributed by atoms with van der Waals surface area (Å²) in [5.74, 6) is 0.451. The van der Waals surface area contributed by atoms with Gasteiger partial charge in [0.2, 0.25) is 0 Å². The Morgan fingerprint density at radius 1 is 1.40 bits per heavy atom. The molecule has 15 heavy (non-hydrogen) atoms. The molecule has 0 fully saturated rings. The lowest BCUT2D eigenvalue weighted by Gasteiger charge is -2.20. The van der Waals surface area contributed by atoms with Crippen molar-refractivity contribution in [1.29, 1.82) is 0 Å². The van der Waals surface area contributed by atoms with Gasteiger partial charge in [-0.05, 0) is 33.0 Å². The third-order valence-corrected chi connectivity index (χ3v) is 2.68. The number of nitrogens with one attached hydrogen (secondary N) is 2. The summed E-state index contributed by atoms with van der Waals surface area (Å²) in [6, 6.07) is 4.91. The number of fused-ring (bicyclic) bond motifs is 1.